The molecule has 8 heteroatoms. The summed E-state index contributed by atoms with van der Waals surface area (Å²) in [6.07, 6.45) is 4.29. The molecular formula is C8H10NO5P2+. The normalized spacial score (nSPS) is 13.7. The fourth-order valence-corrected chi connectivity index (χ4v) is 2.50. The molecule has 1 aromatic rings. The third-order valence-corrected chi connectivity index (χ3v) is 4.39. The molecule has 0 aromatic carbocycles. The zero-order chi connectivity index (χ0) is 12.2. The Labute approximate surface area is 92.7 Å². The highest BCUT2D eigenvalue weighted by Crippen LogP contribution is 2.55. The Hall–Kier alpha value is -0.900. The summed E-state index contributed by atoms with van der Waals surface area (Å²) < 4.78 is 21.6. The summed E-state index contributed by atoms with van der Waals surface area (Å²) >= 11 is 0. The van der Waals surface area contributed by atoms with Gasteiger partial charge in [0.25, 0.3) is 0 Å². The molecule has 0 saturated heterocycles. The monoisotopic (exact) mass is 262 g/mol. The third kappa shape index (κ3) is 3.93. The summed E-state index contributed by atoms with van der Waals surface area (Å²) in [7, 11) is -7.68. The molecule has 0 saturated carbocycles. The van der Waals surface area contributed by atoms with Crippen molar-refractivity contribution in [2.45, 2.75) is 6.42 Å². The molecule has 0 bridgehead atoms. The molecule has 0 radical (unpaired) electrons. The maximum atomic E-state index is 10.9. The molecule has 1 aromatic heterocycles. The molecule has 1 heterocycles. The van der Waals surface area contributed by atoms with Crippen LogP contribution in [0.2, 0.25) is 0 Å². The van der Waals surface area contributed by atoms with Gasteiger partial charge in [0.1, 0.15) is 0 Å². The van der Waals surface area contributed by atoms with Gasteiger partial charge in [-0.1, -0.05) is 6.07 Å². The molecule has 1 atom stereocenters. The van der Waals surface area contributed by atoms with Gasteiger partial charge in [-0.05, 0) is 28.7 Å². The molecule has 0 fully saturated rings. The van der Waals surface area contributed by atoms with E-state index in [9.17, 15) is 9.13 Å². The highest BCUT2D eigenvalue weighted by atomic mass is 31.2. The first kappa shape index (κ1) is 13.2. The molecule has 1 rings (SSSR count). The number of pyridine rings is 1. The third-order valence-electron chi connectivity index (χ3n) is 1.74. The summed E-state index contributed by atoms with van der Waals surface area (Å²) in [5.74, 6) is 0. The fraction of sp³-hybridized carbons (Fsp3) is 0.125. The highest BCUT2D eigenvalue weighted by Gasteiger charge is 2.38. The van der Waals surface area contributed by atoms with E-state index in [1.807, 2.05) is 0 Å². The van der Waals surface area contributed by atoms with E-state index < -0.39 is 20.7 Å². The van der Waals surface area contributed by atoms with Crippen molar-refractivity contribution in [1.82, 2.24) is 4.98 Å². The van der Waals surface area contributed by atoms with Crippen LogP contribution >= 0.6 is 15.6 Å². The van der Waals surface area contributed by atoms with E-state index in [4.69, 9.17) is 14.7 Å². The van der Waals surface area contributed by atoms with Crippen molar-refractivity contribution in [2.75, 3.05) is 0 Å². The van der Waals surface area contributed by atoms with Crippen LogP contribution in [0.4, 0.5) is 0 Å². The lowest BCUT2D eigenvalue weighted by Crippen LogP contribution is -1.86. The van der Waals surface area contributed by atoms with Gasteiger partial charge < -0.3 is 9.79 Å². The van der Waals surface area contributed by atoms with Crippen molar-refractivity contribution in [1.29, 1.82) is 0 Å². The van der Waals surface area contributed by atoms with Crippen LogP contribution in [0.15, 0.2) is 35.7 Å². The Morgan fingerprint density at radius 1 is 1.56 bits per heavy atom. The predicted octanol–water partition coefficient (Wildman–Crippen LogP) is 1.38. The maximum Gasteiger partial charge on any atom is 0.554 e. The second-order valence-corrected chi connectivity index (χ2v) is 5.90. The van der Waals surface area contributed by atoms with E-state index in [-0.39, 0.29) is 6.42 Å². The topological polar surface area (TPSA) is 108 Å². The summed E-state index contributed by atoms with van der Waals surface area (Å²) in [5.41, 5.74) is 0.699. The van der Waals surface area contributed by atoms with Crippen molar-refractivity contribution in [2.24, 2.45) is 0 Å². The number of allylic oxidation sites excluding steroid dienone is 1. The zero-order valence-corrected chi connectivity index (χ0v) is 9.88. The summed E-state index contributed by atoms with van der Waals surface area (Å²) in [6, 6.07) is 3.37. The Morgan fingerprint density at radius 3 is 2.69 bits per heavy atom. The Kier molecular flexibility index (Phi) is 4.47. The zero-order valence-electron chi connectivity index (χ0n) is 8.09. The number of rotatable bonds is 4. The lowest BCUT2D eigenvalue weighted by molar-refractivity contribution is 0.383. The van der Waals surface area contributed by atoms with Crippen molar-refractivity contribution in [3.05, 3.63) is 41.2 Å². The first-order valence-electron chi connectivity index (χ1n) is 4.22. The van der Waals surface area contributed by atoms with Gasteiger partial charge in [0.05, 0.1) is 0 Å². The Bertz CT molecular complexity index is 453. The first-order chi connectivity index (χ1) is 7.41. The maximum absolute atomic E-state index is 10.9. The van der Waals surface area contributed by atoms with Gasteiger partial charge in [-0.15, -0.1) is 0 Å². The first-order valence-corrected chi connectivity index (χ1v) is 7.05. The minimum atomic E-state index is -4.66. The van der Waals surface area contributed by atoms with Gasteiger partial charge in [0, 0.05) is 12.4 Å². The SMILES string of the molecule is O=[P+](O)C(=CCc1cccnc1)P(=O)(O)O. The molecule has 6 nitrogen and oxygen atoms in total. The molecule has 0 aliphatic rings. The van der Waals surface area contributed by atoms with Crippen LogP contribution < -0.4 is 0 Å². The highest BCUT2D eigenvalue weighted by molar-refractivity contribution is 7.71. The van der Waals surface area contributed by atoms with E-state index in [1.54, 1.807) is 18.3 Å². The molecule has 86 valence electrons. The van der Waals surface area contributed by atoms with Crippen molar-refractivity contribution < 1.29 is 23.8 Å². The van der Waals surface area contributed by atoms with Crippen molar-refractivity contribution >= 4 is 15.6 Å². The molecule has 0 spiro atoms. The minimum absolute atomic E-state index is 0.149. The molecule has 16 heavy (non-hydrogen) atoms. The molecule has 3 N–H and O–H groups in total. The second kappa shape index (κ2) is 5.43. The second-order valence-electron chi connectivity index (χ2n) is 2.94. The van der Waals surface area contributed by atoms with Crippen LogP contribution in [0, 0.1) is 0 Å². The quantitative estimate of drug-likeness (QED) is 0.707. The van der Waals surface area contributed by atoms with Crippen LogP contribution in [-0.4, -0.2) is 19.7 Å². The van der Waals surface area contributed by atoms with E-state index in [2.05, 4.69) is 4.98 Å². The number of hydrogen-bond acceptors (Lipinski definition) is 3. The minimum Gasteiger partial charge on any atom is -0.318 e. The van der Waals surface area contributed by atoms with E-state index in [1.165, 1.54) is 6.20 Å². The van der Waals surface area contributed by atoms with Gasteiger partial charge in [0.2, 0.25) is 0 Å². The smallest absolute Gasteiger partial charge is 0.318 e. The molecule has 0 aliphatic heterocycles. The fourth-order valence-electron chi connectivity index (χ4n) is 1.04. The van der Waals surface area contributed by atoms with Crippen LogP contribution in [0.3, 0.4) is 0 Å². The van der Waals surface area contributed by atoms with Gasteiger partial charge in [-0.25, -0.2) is 0 Å². The lowest BCUT2D eigenvalue weighted by atomic mass is 10.2. The number of aromatic nitrogens is 1. The van der Waals surface area contributed by atoms with E-state index >= 15 is 0 Å². The number of hydrogen-bond donors (Lipinski definition) is 3. The molecular weight excluding hydrogens is 252 g/mol. The summed E-state index contributed by atoms with van der Waals surface area (Å²) in [4.78, 5) is 30.2. The predicted molar refractivity (Wildman–Crippen MR) is 57.9 cm³/mol. The number of nitrogens with zero attached hydrogens (tertiary/aromatic N) is 1. The van der Waals surface area contributed by atoms with Gasteiger partial charge in [-0.2, -0.15) is 4.89 Å². The summed E-state index contributed by atoms with van der Waals surface area (Å²) in [6.45, 7) is 0. The lowest BCUT2D eigenvalue weighted by Gasteiger charge is -1.97. The molecule has 1 unspecified atom stereocenters. The van der Waals surface area contributed by atoms with Crippen LogP contribution in [0.25, 0.3) is 0 Å². The standard InChI is InChI=1S/C8H9NO5P2/c10-15(11)8(16(12,13)14)4-3-7-2-1-5-9-6-7/h1-2,4-6H,3H2,(H2-,10,11,12,13,14)/p+1. The average molecular weight is 262 g/mol. The average Bonchev–Trinajstić information content (AvgIpc) is 2.17. The Morgan fingerprint density at radius 2 is 2.25 bits per heavy atom. The van der Waals surface area contributed by atoms with Crippen LogP contribution in [-0.2, 0) is 15.6 Å². The molecule has 0 amide bonds. The van der Waals surface area contributed by atoms with Gasteiger partial charge in [0.15, 0.2) is 0 Å². The van der Waals surface area contributed by atoms with E-state index in [0.29, 0.717) is 5.56 Å². The van der Waals surface area contributed by atoms with Crippen molar-refractivity contribution in [3.8, 4) is 0 Å². The molecule has 0 aliphatic carbocycles. The van der Waals surface area contributed by atoms with Crippen LogP contribution in [0.1, 0.15) is 5.56 Å². The van der Waals surface area contributed by atoms with Crippen molar-refractivity contribution in [3.63, 3.8) is 0 Å². The Balaban J connectivity index is 2.90. The van der Waals surface area contributed by atoms with Gasteiger partial charge >= 0.3 is 20.7 Å². The largest absolute Gasteiger partial charge is 0.554 e. The summed E-state index contributed by atoms with van der Waals surface area (Å²) in [5, 5.41) is -0.744. The van der Waals surface area contributed by atoms with E-state index in [0.717, 1.165) is 6.08 Å². The van der Waals surface area contributed by atoms with Gasteiger partial charge in [-0.3, -0.25) is 9.55 Å². The van der Waals surface area contributed by atoms with Crippen LogP contribution in [0.5, 0.6) is 0 Å².